The summed E-state index contributed by atoms with van der Waals surface area (Å²) in [5, 5.41) is 13.6. The molecule has 0 saturated carbocycles. The molecule has 0 atom stereocenters. The highest BCUT2D eigenvalue weighted by atomic mass is 35.5. The van der Waals surface area contributed by atoms with Crippen molar-refractivity contribution in [2.75, 3.05) is 0 Å². The summed E-state index contributed by atoms with van der Waals surface area (Å²) in [4.78, 5) is 22.7. The Kier molecular flexibility index (Phi) is 3.06. The van der Waals surface area contributed by atoms with Gasteiger partial charge in [-0.15, -0.1) is 5.10 Å². The molecule has 9 nitrogen and oxygen atoms in total. The summed E-state index contributed by atoms with van der Waals surface area (Å²) in [6.45, 7) is 0. The van der Waals surface area contributed by atoms with Crippen LogP contribution in [-0.2, 0) is 10.7 Å². The number of rotatable bonds is 3. The van der Waals surface area contributed by atoms with Crippen molar-refractivity contribution in [3.63, 3.8) is 0 Å². The van der Waals surface area contributed by atoms with E-state index < -0.39 is 13.8 Å². The number of pyridine rings is 1. The van der Waals surface area contributed by atoms with Gasteiger partial charge >= 0.3 is 7.60 Å². The Morgan fingerprint density at radius 3 is 2.90 bits per heavy atom. The molecule has 0 radical (unpaired) electrons. The van der Waals surface area contributed by atoms with Crippen LogP contribution in [0.3, 0.4) is 0 Å². The molecular weight excluding hydrogens is 307 g/mol. The summed E-state index contributed by atoms with van der Waals surface area (Å²) in [6.07, 6.45) is 1.11. The van der Waals surface area contributed by atoms with E-state index in [1.807, 2.05) is 0 Å². The molecule has 0 bridgehead atoms. The lowest BCUT2D eigenvalue weighted by Gasteiger charge is -2.05. The Bertz CT molecular complexity index is 811. The molecule has 0 amide bonds. The summed E-state index contributed by atoms with van der Waals surface area (Å²) >= 11 is 5.88. The van der Waals surface area contributed by atoms with Crippen molar-refractivity contribution in [2.24, 2.45) is 0 Å². The van der Waals surface area contributed by atoms with E-state index in [1.165, 1.54) is 0 Å². The van der Waals surface area contributed by atoms with Crippen molar-refractivity contribution in [3.05, 3.63) is 29.0 Å². The number of hydrogen-bond donors (Lipinski definition) is 3. The predicted octanol–water partition coefficient (Wildman–Crippen LogP) is 0.845. The van der Waals surface area contributed by atoms with E-state index in [0.717, 1.165) is 0 Å². The molecular formula is C9H8ClN6O3P. The largest absolute Gasteiger partial charge is 0.331 e. The number of aromatic amines is 1. The Morgan fingerprint density at radius 2 is 2.25 bits per heavy atom. The fourth-order valence-electron chi connectivity index (χ4n) is 1.87. The topological polar surface area (TPSA) is 129 Å². The molecule has 3 aromatic heterocycles. The molecule has 3 aromatic rings. The second-order valence-electron chi connectivity index (χ2n) is 4.05. The fraction of sp³-hybridized carbons (Fsp3) is 0.111. The Morgan fingerprint density at radius 1 is 1.45 bits per heavy atom. The van der Waals surface area contributed by atoms with Gasteiger partial charge < -0.3 is 14.2 Å². The zero-order valence-electron chi connectivity index (χ0n) is 9.80. The summed E-state index contributed by atoms with van der Waals surface area (Å²) in [6, 6.07) is 3.18. The van der Waals surface area contributed by atoms with Crippen LogP contribution in [0.15, 0.2) is 18.3 Å². The average molecular weight is 315 g/mol. The minimum atomic E-state index is -4.28. The van der Waals surface area contributed by atoms with E-state index in [9.17, 15) is 14.4 Å². The van der Waals surface area contributed by atoms with Crippen molar-refractivity contribution in [2.45, 2.75) is 6.16 Å². The highest BCUT2D eigenvalue weighted by Gasteiger charge is 2.24. The number of fused-ring (bicyclic) bond motifs is 1. The molecule has 0 aliphatic heterocycles. The summed E-state index contributed by atoms with van der Waals surface area (Å²) in [5.41, 5.74) is 1.04. The molecule has 3 N–H and O–H groups in total. The van der Waals surface area contributed by atoms with Gasteiger partial charge in [0.1, 0.15) is 11.3 Å². The highest BCUT2D eigenvalue weighted by molar-refractivity contribution is 7.50. The van der Waals surface area contributed by atoms with Crippen molar-refractivity contribution >= 4 is 24.8 Å². The SMILES string of the molecule is O=P(O)(O)Cc1c(-c2nnn[nH]2)nc2cc(Cl)ccn12. The fourth-order valence-corrected chi connectivity index (χ4v) is 2.71. The number of hydrogen-bond acceptors (Lipinski definition) is 5. The maximum Gasteiger partial charge on any atom is 0.331 e. The Hall–Kier alpha value is -1.80. The number of nitrogens with one attached hydrogen (secondary N) is 1. The quantitative estimate of drug-likeness (QED) is 0.611. The number of H-pyrrole nitrogens is 1. The molecule has 104 valence electrons. The van der Waals surface area contributed by atoms with Crippen LogP contribution in [0.1, 0.15) is 5.69 Å². The smallest absolute Gasteiger partial charge is 0.324 e. The lowest BCUT2D eigenvalue weighted by Crippen LogP contribution is -1.96. The van der Waals surface area contributed by atoms with E-state index in [2.05, 4.69) is 25.6 Å². The molecule has 0 aliphatic rings. The number of nitrogens with zero attached hydrogens (tertiary/aromatic N) is 5. The van der Waals surface area contributed by atoms with Crippen molar-refractivity contribution in [1.82, 2.24) is 30.0 Å². The first-order valence-corrected chi connectivity index (χ1v) is 7.57. The molecule has 0 aliphatic carbocycles. The number of tetrazole rings is 1. The first-order valence-electron chi connectivity index (χ1n) is 5.39. The predicted molar refractivity (Wildman–Crippen MR) is 69.1 cm³/mol. The average Bonchev–Trinajstić information content (AvgIpc) is 2.95. The number of aromatic nitrogens is 6. The van der Waals surface area contributed by atoms with E-state index in [4.69, 9.17) is 11.6 Å². The second kappa shape index (κ2) is 4.64. The lowest BCUT2D eigenvalue weighted by atomic mass is 10.3. The van der Waals surface area contributed by atoms with Gasteiger partial charge in [-0.05, 0) is 16.5 Å². The minimum Gasteiger partial charge on any atom is -0.324 e. The summed E-state index contributed by atoms with van der Waals surface area (Å²) in [7, 11) is -4.28. The maximum absolute atomic E-state index is 11.3. The maximum atomic E-state index is 11.3. The monoisotopic (exact) mass is 314 g/mol. The van der Waals surface area contributed by atoms with Crippen LogP contribution < -0.4 is 0 Å². The van der Waals surface area contributed by atoms with Crippen LogP contribution in [0.25, 0.3) is 17.2 Å². The van der Waals surface area contributed by atoms with E-state index in [0.29, 0.717) is 16.4 Å². The Balaban J connectivity index is 2.27. The molecule has 0 aromatic carbocycles. The van der Waals surface area contributed by atoms with Gasteiger partial charge in [-0.1, -0.05) is 11.6 Å². The molecule has 11 heteroatoms. The molecule has 20 heavy (non-hydrogen) atoms. The van der Waals surface area contributed by atoms with Gasteiger partial charge in [-0.2, -0.15) is 0 Å². The standard InChI is InChI=1S/C9H8ClN6O3P/c10-5-1-2-16-6(4-20(17,18)19)8(11-7(16)3-5)9-12-14-15-13-9/h1-3H,4H2,(H2,17,18,19)(H,12,13,14,15). The number of halogens is 1. The first-order chi connectivity index (χ1) is 9.44. The van der Waals surface area contributed by atoms with Gasteiger partial charge in [0.05, 0.1) is 11.9 Å². The third-order valence-corrected chi connectivity index (χ3v) is 3.56. The van der Waals surface area contributed by atoms with Crippen molar-refractivity contribution < 1.29 is 14.4 Å². The molecule has 0 unspecified atom stereocenters. The van der Waals surface area contributed by atoms with Gasteiger partial charge in [-0.25, -0.2) is 10.1 Å². The van der Waals surface area contributed by atoms with Gasteiger partial charge in [0, 0.05) is 17.3 Å². The van der Waals surface area contributed by atoms with E-state index >= 15 is 0 Å². The summed E-state index contributed by atoms with van der Waals surface area (Å²) < 4.78 is 12.8. The third-order valence-electron chi connectivity index (χ3n) is 2.61. The van der Waals surface area contributed by atoms with Crippen molar-refractivity contribution in [3.8, 4) is 11.5 Å². The molecule has 0 spiro atoms. The zero-order chi connectivity index (χ0) is 14.3. The molecule has 0 saturated heterocycles. The van der Waals surface area contributed by atoms with Crippen LogP contribution in [0.2, 0.25) is 5.02 Å². The van der Waals surface area contributed by atoms with Crippen LogP contribution in [0.4, 0.5) is 0 Å². The van der Waals surface area contributed by atoms with Gasteiger partial charge in [0.2, 0.25) is 0 Å². The van der Waals surface area contributed by atoms with Crippen LogP contribution >= 0.6 is 19.2 Å². The van der Waals surface area contributed by atoms with Gasteiger partial charge in [0.25, 0.3) is 0 Å². The highest BCUT2D eigenvalue weighted by Crippen LogP contribution is 2.41. The summed E-state index contributed by atoms with van der Waals surface area (Å²) in [5.74, 6) is 0.230. The zero-order valence-corrected chi connectivity index (χ0v) is 11.5. The molecule has 3 rings (SSSR count). The second-order valence-corrected chi connectivity index (χ2v) is 6.13. The van der Waals surface area contributed by atoms with Gasteiger partial charge in [0.15, 0.2) is 5.82 Å². The molecule has 3 heterocycles. The normalized spacial score (nSPS) is 12.2. The Labute approximate surface area is 116 Å². The minimum absolute atomic E-state index is 0.230. The number of imidazole rings is 1. The van der Waals surface area contributed by atoms with Crippen molar-refractivity contribution in [1.29, 1.82) is 0 Å². The lowest BCUT2D eigenvalue weighted by molar-refractivity contribution is 0.371. The van der Waals surface area contributed by atoms with Crippen LogP contribution in [0, 0.1) is 0 Å². The first kappa shape index (κ1) is 13.2. The van der Waals surface area contributed by atoms with Crippen LogP contribution in [-0.4, -0.2) is 39.8 Å². The van der Waals surface area contributed by atoms with E-state index in [-0.39, 0.29) is 11.5 Å². The van der Waals surface area contributed by atoms with Crippen LogP contribution in [0.5, 0.6) is 0 Å². The van der Waals surface area contributed by atoms with Gasteiger partial charge in [-0.3, -0.25) is 4.57 Å². The third kappa shape index (κ3) is 2.44. The molecule has 0 fully saturated rings. The van der Waals surface area contributed by atoms with E-state index in [1.54, 1.807) is 22.7 Å².